The average Bonchev–Trinajstić information content (AvgIpc) is 2.59. The molecule has 1 unspecified atom stereocenters. The van der Waals surface area contributed by atoms with E-state index in [1.807, 2.05) is 7.05 Å². The lowest BCUT2D eigenvalue weighted by Crippen LogP contribution is -2.47. The van der Waals surface area contributed by atoms with Crippen molar-refractivity contribution in [2.45, 2.75) is 6.10 Å². The third kappa shape index (κ3) is 4.40. The van der Waals surface area contributed by atoms with Crippen LogP contribution in [0.4, 0.5) is 11.4 Å². The van der Waals surface area contributed by atoms with Crippen LogP contribution in [-0.4, -0.2) is 83.3 Å². The third-order valence-electron chi connectivity index (χ3n) is 3.97. The number of likely N-dealkylation sites (N-methyl/N-ethyl adjacent to an activating group) is 1. The molecule has 3 N–H and O–H groups in total. The summed E-state index contributed by atoms with van der Waals surface area (Å²) >= 11 is 0. The van der Waals surface area contributed by atoms with Gasteiger partial charge < -0.3 is 25.3 Å². The maximum absolute atomic E-state index is 12.5. The van der Waals surface area contributed by atoms with E-state index in [4.69, 9.17) is 5.11 Å². The molecule has 1 saturated heterocycles. The first-order chi connectivity index (χ1) is 11.4. The van der Waals surface area contributed by atoms with Gasteiger partial charge in [-0.15, -0.1) is 0 Å². The van der Waals surface area contributed by atoms with Crippen LogP contribution in [0.5, 0.6) is 0 Å². The molecule has 1 aliphatic heterocycles. The summed E-state index contributed by atoms with van der Waals surface area (Å²) in [5.74, 6) is -0.229. The maximum atomic E-state index is 12.5. The fourth-order valence-electron chi connectivity index (χ4n) is 2.45. The average molecular weight is 338 g/mol. The summed E-state index contributed by atoms with van der Waals surface area (Å²) in [5, 5.41) is 32.1. The molecule has 1 aliphatic rings. The number of nitrogens with zero attached hydrogens (tertiary/aromatic N) is 3. The number of carbonyl (C=O) groups is 1. The second kappa shape index (κ2) is 8.04. The summed E-state index contributed by atoms with van der Waals surface area (Å²) in [4.78, 5) is 27.0. The molecule has 1 aromatic carbocycles. The lowest BCUT2D eigenvalue weighted by Gasteiger charge is -2.32. The van der Waals surface area contributed by atoms with Gasteiger partial charge in [0.05, 0.1) is 17.6 Å². The molecule has 132 valence electrons. The minimum Gasteiger partial charge on any atom is -0.394 e. The van der Waals surface area contributed by atoms with E-state index in [0.29, 0.717) is 13.1 Å². The number of aliphatic hydroxyl groups excluding tert-OH is 2. The fraction of sp³-hybridized carbons (Fsp3) is 0.533. The van der Waals surface area contributed by atoms with Crippen molar-refractivity contribution in [3.8, 4) is 0 Å². The zero-order chi connectivity index (χ0) is 17.7. The molecule has 0 bridgehead atoms. The van der Waals surface area contributed by atoms with E-state index in [9.17, 15) is 20.0 Å². The topological polar surface area (TPSA) is 119 Å². The second-order valence-corrected chi connectivity index (χ2v) is 5.80. The molecule has 1 fully saturated rings. The number of aliphatic hydroxyl groups is 2. The van der Waals surface area contributed by atoms with Crippen LogP contribution >= 0.6 is 0 Å². The van der Waals surface area contributed by atoms with Crippen molar-refractivity contribution < 1.29 is 19.9 Å². The van der Waals surface area contributed by atoms with E-state index in [1.165, 1.54) is 18.2 Å². The number of amides is 1. The smallest absolute Gasteiger partial charge is 0.293 e. The van der Waals surface area contributed by atoms with Gasteiger partial charge in [-0.3, -0.25) is 14.9 Å². The van der Waals surface area contributed by atoms with Gasteiger partial charge in [-0.2, -0.15) is 0 Å². The summed E-state index contributed by atoms with van der Waals surface area (Å²) in [6, 6.07) is 4.22. The number of hydrogen-bond acceptors (Lipinski definition) is 7. The summed E-state index contributed by atoms with van der Waals surface area (Å²) in [7, 11) is 1.98. The van der Waals surface area contributed by atoms with Crippen LogP contribution in [0.15, 0.2) is 18.2 Å². The Bertz CT molecular complexity index is 602. The summed E-state index contributed by atoms with van der Waals surface area (Å²) in [6.07, 6.45) is -1.02. The molecule has 2 rings (SSSR count). The van der Waals surface area contributed by atoms with Gasteiger partial charge in [0.15, 0.2) is 0 Å². The van der Waals surface area contributed by atoms with Crippen molar-refractivity contribution in [3.05, 3.63) is 33.9 Å². The summed E-state index contributed by atoms with van der Waals surface area (Å²) in [5.41, 5.74) is 0.224. The first-order valence-corrected chi connectivity index (χ1v) is 7.71. The van der Waals surface area contributed by atoms with Gasteiger partial charge in [0.25, 0.3) is 11.6 Å². The fourth-order valence-corrected chi connectivity index (χ4v) is 2.45. The number of nitro benzene ring substituents is 1. The van der Waals surface area contributed by atoms with Gasteiger partial charge in [-0.1, -0.05) is 0 Å². The first kappa shape index (κ1) is 18.1. The van der Waals surface area contributed by atoms with Gasteiger partial charge in [0, 0.05) is 44.4 Å². The number of hydrogen-bond donors (Lipinski definition) is 3. The normalized spacial score (nSPS) is 16.7. The molecule has 0 spiro atoms. The predicted molar refractivity (Wildman–Crippen MR) is 88.1 cm³/mol. The standard InChI is InChI=1S/C15H22N4O5/c1-17-4-6-18(7-5-17)15(22)11-2-3-13(14(8-11)19(23)24)16-9-12(21)10-20/h2-3,8,12,16,20-21H,4-7,9-10H2,1H3. The quantitative estimate of drug-likeness (QED) is 0.483. The largest absolute Gasteiger partial charge is 0.394 e. The Balaban J connectivity index is 2.15. The monoisotopic (exact) mass is 338 g/mol. The van der Waals surface area contributed by atoms with Gasteiger partial charge in [0.2, 0.25) is 0 Å². The molecule has 0 aliphatic carbocycles. The summed E-state index contributed by atoms with van der Waals surface area (Å²) in [6.45, 7) is 2.25. The minimum atomic E-state index is -1.02. The van der Waals surface area contributed by atoms with Crippen LogP contribution < -0.4 is 5.32 Å². The van der Waals surface area contributed by atoms with Crippen molar-refractivity contribution in [2.75, 3.05) is 51.7 Å². The van der Waals surface area contributed by atoms with E-state index in [-0.39, 0.29) is 29.4 Å². The number of rotatable bonds is 6. The Kier molecular flexibility index (Phi) is 6.07. The van der Waals surface area contributed by atoms with Crippen molar-refractivity contribution in [3.63, 3.8) is 0 Å². The highest BCUT2D eigenvalue weighted by Crippen LogP contribution is 2.26. The van der Waals surface area contributed by atoms with Gasteiger partial charge in [-0.25, -0.2) is 0 Å². The van der Waals surface area contributed by atoms with Crippen LogP contribution in [0.25, 0.3) is 0 Å². The van der Waals surface area contributed by atoms with Crippen LogP contribution in [-0.2, 0) is 0 Å². The van der Waals surface area contributed by atoms with E-state index < -0.39 is 17.6 Å². The van der Waals surface area contributed by atoms with E-state index in [0.717, 1.165) is 13.1 Å². The molecule has 1 atom stereocenters. The molecule has 0 saturated carbocycles. The van der Waals surface area contributed by atoms with Crippen LogP contribution in [0.1, 0.15) is 10.4 Å². The first-order valence-electron chi connectivity index (χ1n) is 7.71. The number of anilines is 1. The molecular formula is C15H22N4O5. The van der Waals surface area contributed by atoms with Crippen molar-refractivity contribution in [1.29, 1.82) is 0 Å². The highest BCUT2D eigenvalue weighted by Gasteiger charge is 2.23. The molecule has 24 heavy (non-hydrogen) atoms. The van der Waals surface area contributed by atoms with Crippen LogP contribution in [0, 0.1) is 10.1 Å². The van der Waals surface area contributed by atoms with Crippen molar-refractivity contribution in [1.82, 2.24) is 9.80 Å². The van der Waals surface area contributed by atoms with Gasteiger partial charge >= 0.3 is 0 Å². The number of nitrogens with one attached hydrogen (secondary N) is 1. The molecule has 0 aromatic heterocycles. The molecule has 1 amide bonds. The molecule has 9 heteroatoms. The number of piperazine rings is 1. The molecule has 1 aromatic rings. The lowest BCUT2D eigenvalue weighted by molar-refractivity contribution is -0.384. The highest BCUT2D eigenvalue weighted by molar-refractivity contribution is 5.95. The second-order valence-electron chi connectivity index (χ2n) is 5.80. The Morgan fingerprint density at radius 3 is 2.62 bits per heavy atom. The number of carbonyl (C=O) groups excluding carboxylic acids is 1. The lowest BCUT2D eigenvalue weighted by atomic mass is 10.1. The summed E-state index contributed by atoms with van der Waals surface area (Å²) < 4.78 is 0. The van der Waals surface area contributed by atoms with E-state index in [2.05, 4.69) is 10.2 Å². The van der Waals surface area contributed by atoms with Crippen LogP contribution in [0.2, 0.25) is 0 Å². The van der Waals surface area contributed by atoms with Crippen molar-refractivity contribution >= 4 is 17.3 Å². The Morgan fingerprint density at radius 1 is 1.38 bits per heavy atom. The number of nitro groups is 1. The molecular weight excluding hydrogens is 316 g/mol. The van der Waals surface area contributed by atoms with Gasteiger partial charge in [-0.05, 0) is 19.2 Å². The zero-order valence-electron chi connectivity index (χ0n) is 13.5. The Labute approximate surface area is 139 Å². The van der Waals surface area contributed by atoms with E-state index in [1.54, 1.807) is 4.90 Å². The van der Waals surface area contributed by atoms with Crippen molar-refractivity contribution in [2.24, 2.45) is 0 Å². The Hall–Kier alpha value is -2.23. The Morgan fingerprint density at radius 2 is 2.04 bits per heavy atom. The highest BCUT2D eigenvalue weighted by atomic mass is 16.6. The maximum Gasteiger partial charge on any atom is 0.293 e. The zero-order valence-corrected chi connectivity index (χ0v) is 13.5. The van der Waals surface area contributed by atoms with Crippen LogP contribution in [0.3, 0.4) is 0 Å². The minimum absolute atomic E-state index is 0.0247. The molecule has 1 heterocycles. The number of benzene rings is 1. The van der Waals surface area contributed by atoms with Gasteiger partial charge in [0.1, 0.15) is 5.69 Å². The van der Waals surface area contributed by atoms with E-state index >= 15 is 0 Å². The third-order valence-corrected chi connectivity index (χ3v) is 3.97. The molecule has 0 radical (unpaired) electrons. The SMILES string of the molecule is CN1CCN(C(=O)c2ccc(NCC(O)CO)c([N+](=O)[O-])c2)CC1. The molecule has 9 nitrogen and oxygen atoms in total. The predicted octanol–water partition coefficient (Wildman–Crippen LogP) is -0.252.